The second-order valence-corrected chi connectivity index (χ2v) is 10.9. The second-order valence-electron chi connectivity index (χ2n) is 8.93. The van der Waals surface area contributed by atoms with Crippen molar-refractivity contribution in [2.45, 2.75) is 17.0 Å². The maximum absolute atomic E-state index is 13.7. The molecule has 5 rings (SSSR count). The zero-order valence-electron chi connectivity index (χ0n) is 18.3. The summed E-state index contributed by atoms with van der Waals surface area (Å²) in [5, 5.41) is 16.5. The van der Waals surface area contributed by atoms with Gasteiger partial charge in [0.1, 0.15) is 0 Å². The van der Waals surface area contributed by atoms with Gasteiger partial charge in [0.05, 0.1) is 16.0 Å². The maximum atomic E-state index is 13.7. The van der Waals surface area contributed by atoms with E-state index in [9.17, 15) is 21.6 Å². The molecule has 0 bridgehead atoms. The molecule has 0 saturated carbocycles. The van der Waals surface area contributed by atoms with E-state index >= 15 is 0 Å². The molecule has 0 amide bonds. The Balaban J connectivity index is 1.50. The third kappa shape index (κ3) is 4.32. The molecule has 180 valence electrons. The van der Waals surface area contributed by atoms with E-state index in [0.29, 0.717) is 11.5 Å². The summed E-state index contributed by atoms with van der Waals surface area (Å²) < 4.78 is 66.2. The Hall–Kier alpha value is -2.83. The van der Waals surface area contributed by atoms with Crippen LogP contribution in [0.4, 0.5) is 13.2 Å². The third-order valence-electron chi connectivity index (χ3n) is 6.44. The number of aromatic nitrogens is 4. The fraction of sp³-hybridized carbons (Fsp3) is 0.409. The number of sulfone groups is 1. The second kappa shape index (κ2) is 8.43. The van der Waals surface area contributed by atoms with Crippen molar-refractivity contribution in [2.75, 3.05) is 39.0 Å². The predicted octanol–water partition coefficient (Wildman–Crippen LogP) is 2.57. The smallest absolute Gasteiger partial charge is 0.316 e. The van der Waals surface area contributed by atoms with Crippen LogP contribution >= 0.6 is 0 Å². The van der Waals surface area contributed by atoms with Gasteiger partial charge in [-0.2, -0.15) is 18.4 Å². The average Bonchev–Trinajstić information content (AvgIpc) is 3.24. The van der Waals surface area contributed by atoms with Gasteiger partial charge in [0.25, 0.3) is 0 Å². The number of hydrogen-bond acceptors (Lipinski definition) is 7. The van der Waals surface area contributed by atoms with E-state index in [2.05, 4.69) is 30.8 Å². The van der Waals surface area contributed by atoms with E-state index in [1.807, 2.05) is 12.1 Å². The van der Waals surface area contributed by atoms with E-state index < -0.39 is 26.5 Å². The monoisotopic (exact) mass is 492 g/mol. The van der Waals surface area contributed by atoms with Crippen LogP contribution in [0, 0.1) is 5.92 Å². The fourth-order valence-corrected chi connectivity index (χ4v) is 5.78. The molecule has 0 radical (unpaired) electrons. The lowest BCUT2D eigenvalue weighted by Gasteiger charge is -2.43. The molecule has 2 aromatic carbocycles. The van der Waals surface area contributed by atoms with Crippen LogP contribution in [0.2, 0.25) is 0 Å². The molecule has 2 fully saturated rings. The summed E-state index contributed by atoms with van der Waals surface area (Å²) in [6.07, 6.45) is -4.12. The number of likely N-dealkylation sites (tertiary alicyclic amines) is 1. The third-order valence-corrected chi connectivity index (χ3v) is 7.60. The first-order valence-electron chi connectivity index (χ1n) is 10.8. The van der Waals surface area contributed by atoms with Crippen LogP contribution in [-0.2, 0) is 16.0 Å². The molecule has 3 heterocycles. The van der Waals surface area contributed by atoms with Gasteiger partial charge in [0, 0.05) is 44.9 Å². The summed E-state index contributed by atoms with van der Waals surface area (Å²) in [4.78, 5) is 1.57. The topological polar surface area (TPSA) is 104 Å². The number of halogens is 3. The summed E-state index contributed by atoms with van der Waals surface area (Å²) in [6, 6.07) is 9.54. The van der Waals surface area contributed by atoms with Gasteiger partial charge in [0.15, 0.2) is 9.84 Å². The number of tetrazole rings is 1. The minimum Gasteiger partial charge on any atom is -0.316 e. The van der Waals surface area contributed by atoms with Crippen molar-refractivity contribution < 1.29 is 21.6 Å². The highest BCUT2D eigenvalue weighted by Crippen LogP contribution is 2.43. The molecule has 0 aliphatic carbocycles. The Morgan fingerprint density at radius 1 is 1.09 bits per heavy atom. The Bertz CT molecular complexity index is 1280. The van der Waals surface area contributed by atoms with Gasteiger partial charge < -0.3 is 10.2 Å². The standard InChI is InChI=1S/C22H23F3N6O2S/c1-34(32,33)20-18(22(23,24)25)7-6-17(19(20)21-27-29-30-28-21)15-4-2-14(3-5-15)16-11-31(12-16)10-13-8-26-9-13/h2-7,13,16,26H,8-12H2,1H3,(H,27,28,29,30). The van der Waals surface area contributed by atoms with Crippen molar-refractivity contribution in [3.05, 3.63) is 47.5 Å². The summed E-state index contributed by atoms with van der Waals surface area (Å²) in [6.45, 7) is 5.18. The van der Waals surface area contributed by atoms with Crippen LogP contribution in [0.15, 0.2) is 41.3 Å². The first-order chi connectivity index (χ1) is 16.1. The minimum absolute atomic E-state index is 0.217. The van der Waals surface area contributed by atoms with E-state index in [0.717, 1.165) is 56.5 Å². The molecule has 2 aliphatic rings. The minimum atomic E-state index is -4.87. The van der Waals surface area contributed by atoms with Crippen molar-refractivity contribution >= 4 is 9.84 Å². The van der Waals surface area contributed by atoms with Crippen molar-refractivity contribution in [1.82, 2.24) is 30.8 Å². The maximum Gasteiger partial charge on any atom is 0.417 e. The summed E-state index contributed by atoms with van der Waals surface area (Å²) in [5.41, 5.74) is 0.519. The van der Waals surface area contributed by atoms with Gasteiger partial charge >= 0.3 is 6.18 Å². The number of hydrogen-bond donors (Lipinski definition) is 2. The normalized spacial score (nSPS) is 18.0. The molecule has 2 aliphatic heterocycles. The molecule has 34 heavy (non-hydrogen) atoms. The zero-order chi connectivity index (χ0) is 24.1. The molecular formula is C22H23F3N6O2S. The number of H-pyrrole nitrogens is 1. The Morgan fingerprint density at radius 2 is 1.79 bits per heavy atom. The zero-order valence-corrected chi connectivity index (χ0v) is 19.1. The Morgan fingerprint density at radius 3 is 2.32 bits per heavy atom. The Labute approximate surface area is 194 Å². The number of benzene rings is 2. The lowest BCUT2D eigenvalue weighted by molar-refractivity contribution is -0.139. The van der Waals surface area contributed by atoms with Crippen molar-refractivity contribution in [1.29, 1.82) is 0 Å². The van der Waals surface area contributed by atoms with Crippen LogP contribution < -0.4 is 5.32 Å². The number of nitrogens with zero attached hydrogens (tertiary/aromatic N) is 4. The molecule has 3 aromatic rings. The first kappa shape index (κ1) is 22.9. The molecule has 0 unspecified atom stereocenters. The average molecular weight is 493 g/mol. The van der Waals surface area contributed by atoms with Crippen molar-refractivity contribution in [2.24, 2.45) is 5.92 Å². The molecule has 2 N–H and O–H groups in total. The van der Waals surface area contributed by atoms with Gasteiger partial charge in [0.2, 0.25) is 5.82 Å². The highest BCUT2D eigenvalue weighted by atomic mass is 32.2. The van der Waals surface area contributed by atoms with Gasteiger partial charge in [-0.05, 0) is 33.9 Å². The number of aromatic amines is 1. The molecular weight excluding hydrogens is 469 g/mol. The van der Waals surface area contributed by atoms with Crippen LogP contribution in [0.3, 0.4) is 0 Å². The van der Waals surface area contributed by atoms with Gasteiger partial charge in [-0.3, -0.25) is 0 Å². The van der Waals surface area contributed by atoms with Gasteiger partial charge in [-0.15, -0.1) is 10.2 Å². The van der Waals surface area contributed by atoms with Crippen molar-refractivity contribution in [3.8, 4) is 22.5 Å². The molecule has 0 atom stereocenters. The van der Waals surface area contributed by atoms with Gasteiger partial charge in [-0.25, -0.2) is 8.42 Å². The SMILES string of the molecule is CS(=O)(=O)c1c(C(F)(F)F)ccc(-c2ccc(C3CN(CC4CNC4)C3)cc2)c1-c1nn[nH]n1. The largest absolute Gasteiger partial charge is 0.417 e. The molecule has 0 spiro atoms. The van der Waals surface area contributed by atoms with E-state index in [4.69, 9.17) is 0 Å². The summed E-state index contributed by atoms with van der Waals surface area (Å²) >= 11 is 0. The molecule has 1 aromatic heterocycles. The molecule has 8 nitrogen and oxygen atoms in total. The fourth-order valence-electron chi connectivity index (χ4n) is 4.63. The first-order valence-corrected chi connectivity index (χ1v) is 12.7. The molecule has 12 heteroatoms. The lowest BCUT2D eigenvalue weighted by Crippen LogP contribution is -2.53. The van der Waals surface area contributed by atoms with Crippen LogP contribution in [0.25, 0.3) is 22.5 Å². The van der Waals surface area contributed by atoms with Crippen LogP contribution in [-0.4, -0.2) is 72.9 Å². The number of alkyl halides is 3. The van der Waals surface area contributed by atoms with E-state index in [1.54, 1.807) is 12.1 Å². The Kier molecular flexibility index (Phi) is 5.69. The summed E-state index contributed by atoms with van der Waals surface area (Å²) in [5.74, 6) is 0.902. The highest BCUT2D eigenvalue weighted by Gasteiger charge is 2.39. The van der Waals surface area contributed by atoms with E-state index in [-0.39, 0.29) is 17.0 Å². The van der Waals surface area contributed by atoms with Crippen molar-refractivity contribution in [3.63, 3.8) is 0 Å². The number of nitrogens with one attached hydrogen (secondary N) is 2. The number of rotatable bonds is 6. The van der Waals surface area contributed by atoms with Crippen LogP contribution in [0.5, 0.6) is 0 Å². The highest BCUT2D eigenvalue weighted by molar-refractivity contribution is 7.91. The quantitative estimate of drug-likeness (QED) is 0.545. The predicted molar refractivity (Wildman–Crippen MR) is 119 cm³/mol. The van der Waals surface area contributed by atoms with Gasteiger partial charge in [-0.1, -0.05) is 30.3 Å². The van der Waals surface area contributed by atoms with E-state index in [1.165, 1.54) is 6.07 Å². The molecule has 2 saturated heterocycles. The van der Waals surface area contributed by atoms with Crippen LogP contribution in [0.1, 0.15) is 17.0 Å². The summed E-state index contributed by atoms with van der Waals surface area (Å²) in [7, 11) is -4.29. The lowest BCUT2D eigenvalue weighted by atomic mass is 9.88.